The molecule has 0 aliphatic heterocycles. The van der Waals surface area contributed by atoms with Crippen molar-refractivity contribution in [2.24, 2.45) is 12.0 Å². The molecule has 3 rings (SSSR count). The lowest BCUT2D eigenvalue weighted by Crippen LogP contribution is -2.28. The fourth-order valence-electron chi connectivity index (χ4n) is 2.67. The molecule has 0 unspecified atom stereocenters. The van der Waals surface area contributed by atoms with Gasteiger partial charge in [-0.2, -0.15) is 4.99 Å². The van der Waals surface area contributed by atoms with Gasteiger partial charge in [0.25, 0.3) is 5.91 Å². The van der Waals surface area contributed by atoms with Gasteiger partial charge in [0.2, 0.25) is 5.91 Å². The van der Waals surface area contributed by atoms with Crippen LogP contribution in [0.5, 0.6) is 0 Å². The average molecular weight is 466 g/mol. The van der Waals surface area contributed by atoms with Gasteiger partial charge in [-0.3, -0.25) is 9.59 Å². The molecule has 0 bridgehead atoms. The Balaban J connectivity index is 1.75. The fraction of sp³-hybridized carbons (Fsp3) is 0.278. The van der Waals surface area contributed by atoms with E-state index in [4.69, 9.17) is 4.52 Å². The van der Waals surface area contributed by atoms with Crippen molar-refractivity contribution in [3.05, 3.63) is 40.4 Å². The zero-order chi connectivity index (χ0) is 22.8. The van der Waals surface area contributed by atoms with Crippen LogP contribution in [-0.2, 0) is 31.2 Å². The van der Waals surface area contributed by atoms with Crippen LogP contribution < -0.4 is 10.1 Å². The molecule has 0 aliphatic rings. The maximum Gasteiger partial charge on any atom is 0.337 e. The number of nitrogens with zero attached hydrogens (tertiary/aromatic N) is 3. The van der Waals surface area contributed by atoms with E-state index >= 15 is 0 Å². The maximum absolute atomic E-state index is 12.2. The SMILES string of the molecule is COC(=O)c1ccc2c(c1)sc(=NC(=O)CS(=O)(=O)CC(=O)Nc1cc(C)on1)n2C. The van der Waals surface area contributed by atoms with Crippen molar-refractivity contribution in [1.29, 1.82) is 0 Å². The average Bonchev–Trinajstić information content (AvgIpc) is 3.22. The summed E-state index contributed by atoms with van der Waals surface area (Å²) < 4.78 is 36.1. The fourth-order valence-corrected chi connectivity index (χ4v) is 4.76. The second kappa shape index (κ2) is 8.81. The van der Waals surface area contributed by atoms with Crippen molar-refractivity contribution in [1.82, 2.24) is 9.72 Å². The molecule has 1 aromatic carbocycles. The monoisotopic (exact) mass is 466 g/mol. The Hall–Kier alpha value is -3.32. The number of hydrogen-bond acceptors (Lipinski definition) is 9. The molecule has 1 N–H and O–H groups in total. The highest BCUT2D eigenvalue weighted by molar-refractivity contribution is 7.92. The number of fused-ring (bicyclic) bond motifs is 1. The van der Waals surface area contributed by atoms with E-state index in [1.165, 1.54) is 13.2 Å². The van der Waals surface area contributed by atoms with Crippen molar-refractivity contribution < 1.29 is 32.1 Å². The standard InChI is InChI=1S/C18H18N4O7S2/c1-10-6-14(21-29-10)19-15(23)8-31(26,27)9-16(24)20-18-22(2)12-5-4-11(17(25)28-3)7-13(12)30-18/h4-7H,8-9H2,1-3H3,(H,19,21,23). The quantitative estimate of drug-likeness (QED) is 0.524. The number of anilines is 1. The molecule has 13 heteroatoms. The molecule has 2 amide bonds. The highest BCUT2D eigenvalue weighted by Crippen LogP contribution is 2.19. The van der Waals surface area contributed by atoms with Crippen LogP contribution in [0.15, 0.2) is 33.8 Å². The van der Waals surface area contributed by atoms with Gasteiger partial charge in [-0.05, 0) is 25.1 Å². The molecule has 0 fully saturated rings. The smallest absolute Gasteiger partial charge is 0.337 e. The first-order chi connectivity index (χ1) is 14.6. The first-order valence-corrected chi connectivity index (χ1v) is 11.4. The summed E-state index contributed by atoms with van der Waals surface area (Å²) in [5, 5.41) is 5.82. The number of thiazole rings is 1. The molecule has 2 aromatic heterocycles. The Morgan fingerprint density at radius 1 is 1.26 bits per heavy atom. The Morgan fingerprint density at radius 2 is 2.00 bits per heavy atom. The number of ether oxygens (including phenoxy) is 1. The van der Waals surface area contributed by atoms with Crippen LogP contribution >= 0.6 is 11.3 Å². The van der Waals surface area contributed by atoms with Gasteiger partial charge in [0.15, 0.2) is 20.5 Å². The minimum Gasteiger partial charge on any atom is -0.465 e. The Bertz CT molecular complexity index is 1350. The van der Waals surface area contributed by atoms with Crippen LogP contribution in [0, 0.1) is 6.92 Å². The van der Waals surface area contributed by atoms with Gasteiger partial charge in [0.05, 0.1) is 22.9 Å². The lowest BCUT2D eigenvalue weighted by Gasteiger charge is -2.02. The van der Waals surface area contributed by atoms with Crippen LogP contribution in [0.2, 0.25) is 0 Å². The molecule has 0 saturated heterocycles. The molecular formula is C18H18N4O7S2. The summed E-state index contributed by atoms with van der Waals surface area (Å²) in [5.74, 6) is -3.57. The van der Waals surface area contributed by atoms with Gasteiger partial charge in [-0.25, -0.2) is 13.2 Å². The number of nitrogens with one attached hydrogen (secondary N) is 1. The second-order valence-corrected chi connectivity index (χ2v) is 9.60. The van der Waals surface area contributed by atoms with Crippen LogP contribution in [0.4, 0.5) is 5.82 Å². The van der Waals surface area contributed by atoms with Crippen LogP contribution in [0.3, 0.4) is 0 Å². The zero-order valence-electron chi connectivity index (χ0n) is 16.7. The summed E-state index contributed by atoms with van der Waals surface area (Å²) in [6.45, 7) is 1.61. The van der Waals surface area contributed by atoms with Gasteiger partial charge >= 0.3 is 5.97 Å². The summed E-state index contributed by atoms with van der Waals surface area (Å²) in [6, 6.07) is 6.28. The molecule has 0 aliphatic carbocycles. The van der Waals surface area contributed by atoms with Crippen LogP contribution in [-0.4, -0.2) is 54.5 Å². The highest BCUT2D eigenvalue weighted by atomic mass is 32.2. The van der Waals surface area contributed by atoms with Gasteiger partial charge in [0, 0.05) is 13.1 Å². The molecule has 3 aromatic rings. The minimum absolute atomic E-state index is 0.0809. The van der Waals surface area contributed by atoms with E-state index in [0.29, 0.717) is 21.5 Å². The van der Waals surface area contributed by atoms with Crippen molar-refractivity contribution >= 4 is 55.0 Å². The molecule has 0 atom stereocenters. The number of benzene rings is 1. The summed E-state index contributed by atoms with van der Waals surface area (Å²) in [6.07, 6.45) is 0. The third kappa shape index (κ3) is 5.44. The molecule has 164 valence electrons. The Labute approximate surface area is 180 Å². The summed E-state index contributed by atoms with van der Waals surface area (Å²) >= 11 is 1.11. The van der Waals surface area contributed by atoms with Crippen molar-refractivity contribution in [2.75, 3.05) is 23.9 Å². The van der Waals surface area contributed by atoms with E-state index in [-0.39, 0.29) is 10.6 Å². The molecule has 11 nitrogen and oxygen atoms in total. The van der Waals surface area contributed by atoms with E-state index in [2.05, 4.69) is 20.2 Å². The second-order valence-electron chi connectivity index (χ2n) is 6.53. The van der Waals surface area contributed by atoms with Crippen LogP contribution in [0.25, 0.3) is 10.2 Å². The number of methoxy groups -OCH3 is 1. The minimum atomic E-state index is -4.06. The van der Waals surface area contributed by atoms with Gasteiger partial charge < -0.3 is 19.1 Å². The largest absolute Gasteiger partial charge is 0.465 e. The molecule has 0 spiro atoms. The molecule has 0 saturated carbocycles. The Kier molecular flexibility index (Phi) is 6.36. The first kappa shape index (κ1) is 22.4. The first-order valence-electron chi connectivity index (χ1n) is 8.77. The number of sulfone groups is 1. The normalized spacial score (nSPS) is 12.2. The number of aromatic nitrogens is 2. The number of carbonyl (C=O) groups excluding carboxylic acids is 3. The number of rotatable bonds is 6. The third-order valence-corrected chi connectivity index (χ3v) is 6.52. The third-order valence-electron chi connectivity index (χ3n) is 4.04. The molecular weight excluding hydrogens is 448 g/mol. The number of hydrogen-bond donors (Lipinski definition) is 1. The topological polar surface area (TPSA) is 150 Å². The predicted octanol–water partition coefficient (Wildman–Crippen LogP) is 0.804. The maximum atomic E-state index is 12.2. The van der Waals surface area contributed by atoms with Crippen molar-refractivity contribution in [2.45, 2.75) is 6.92 Å². The van der Waals surface area contributed by atoms with Gasteiger partial charge in [-0.1, -0.05) is 16.5 Å². The Morgan fingerprint density at radius 3 is 2.65 bits per heavy atom. The van der Waals surface area contributed by atoms with E-state index in [9.17, 15) is 22.8 Å². The molecule has 0 radical (unpaired) electrons. The predicted molar refractivity (Wildman–Crippen MR) is 111 cm³/mol. The lowest BCUT2D eigenvalue weighted by molar-refractivity contribution is -0.115. The van der Waals surface area contributed by atoms with Gasteiger partial charge in [-0.15, -0.1) is 0 Å². The number of amides is 2. The summed E-state index contributed by atoms with van der Waals surface area (Å²) in [7, 11) is -1.13. The van der Waals surface area contributed by atoms with Crippen molar-refractivity contribution in [3.8, 4) is 0 Å². The summed E-state index contributed by atoms with van der Waals surface area (Å²) in [5.41, 5.74) is 1.04. The van der Waals surface area contributed by atoms with E-state index in [1.807, 2.05) is 0 Å². The molecule has 31 heavy (non-hydrogen) atoms. The van der Waals surface area contributed by atoms with E-state index in [1.54, 1.807) is 36.7 Å². The number of carbonyl (C=O) groups is 3. The number of aryl methyl sites for hydroxylation is 2. The van der Waals surface area contributed by atoms with Crippen molar-refractivity contribution in [3.63, 3.8) is 0 Å². The zero-order valence-corrected chi connectivity index (χ0v) is 18.4. The van der Waals surface area contributed by atoms with E-state index in [0.717, 1.165) is 11.3 Å². The summed E-state index contributed by atoms with van der Waals surface area (Å²) in [4.78, 5) is 39.9. The molecule has 2 heterocycles. The van der Waals surface area contributed by atoms with E-state index < -0.39 is 39.1 Å². The lowest BCUT2D eigenvalue weighted by atomic mass is 10.2. The number of esters is 1. The van der Waals surface area contributed by atoms with Gasteiger partial charge in [0.1, 0.15) is 17.3 Å². The van der Waals surface area contributed by atoms with Crippen LogP contribution in [0.1, 0.15) is 16.1 Å². The highest BCUT2D eigenvalue weighted by Gasteiger charge is 2.22.